The normalized spacial score (nSPS) is 16.3. The van der Waals surface area contributed by atoms with Crippen molar-refractivity contribution in [2.45, 2.75) is 39.5 Å². The summed E-state index contributed by atoms with van der Waals surface area (Å²) in [5.74, 6) is 0.169. The number of fused-ring (bicyclic) bond motifs is 1. The average molecular weight is 245 g/mol. The Balaban J connectivity index is 2.82. The largest absolute Gasteiger partial charge is 0.507 e. The van der Waals surface area contributed by atoms with E-state index in [4.69, 9.17) is 0 Å². The van der Waals surface area contributed by atoms with Gasteiger partial charge >= 0.3 is 0 Å². The summed E-state index contributed by atoms with van der Waals surface area (Å²) >= 11 is 0. The van der Waals surface area contributed by atoms with Crippen LogP contribution in [0.3, 0.4) is 0 Å². The summed E-state index contributed by atoms with van der Waals surface area (Å²) in [5, 5.41) is 13.3. The van der Waals surface area contributed by atoms with E-state index in [0.717, 1.165) is 22.4 Å². The molecule has 0 spiro atoms. The molecule has 1 amide bonds. The van der Waals surface area contributed by atoms with Gasteiger partial charge in [-0.2, -0.15) is 0 Å². The van der Waals surface area contributed by atoms with Crippen LogP contribution in [0.15, 0.2) is 12.7 Å². The molecule has 0 aliphatic carbocycles. The number of carbonyl (C=O) groups is 1. The Morgan fingerprint density at radius 1 is 1.33 bits per heavy atom. The molecule has 1 heterocycles. The molecule has 1 aliphatic rings. The minimum absolute atomic E-state index is 0.0638. The molecular formula is C15H19NO2. The van der Waals surface area contributed by atoms with Crippen LogP contribution >= 0.6 is 0 Å². The maximum atomic E-state index is 12.0. The van der Waals surface area contributed by atoms with Crippen molar-refractivity contribution < 1.29 is 9.90 Å². The molecule has 0 unspecified atom stereocenters. The van der Waals surface area contributed by atoms with Crippen molar-refractivity contribution in [3.63, 3.8) is 0 Å². The van der Waals surface area contributed by atoms with E-state index in [9.17, 15) is 9.90 Å². The van der Waals surface area contributed by atoms with Crippen LogP contribution in [0.1, 0.15) is 36.1 Å². The van der Waals surface area contributed by atoms with Crippen molar-refractivity contribution >= 4 is 11.6 Å². The summed E-state index contributed by atoms with van der Waals surface area (Å²) in [4.78, 5) is 12.0. The summed E-state index contributed by atoms with van der Waals surface area (Å²) in [6.07, 6.45) is 2.38. The molecule has 1 aromatic carbocycles. The lowest BCUT2D eigenvalue weighted by molar-refractivity contribution is -0.119. The third-order valence-electron chi connectivity index (χ3n) is 3.94. The van der Waals surface area contributed by atoms with Crippen LogP contribution in [0, 0.1) is 13.8 Å². The van der Waals surface area contributed by atoms with Crippen LogP contribution in [-0.2, 0) is 16.6 Å². The molecule has 1 aliphatic heterocycles. The average Bonchev–Trinajstić information content (AvgIpc) is 2.54. The summed E-state index contributed by atoms with van der Waals surface area (Å²) in [7, 11) is 0. The van der Waals surface area contributed by atoms with Crippen LogP contribution in [0.4, 0.5) is 5.69 Å². The number of amides is 1. The molecule has 2 N–H and O–H groups in total. The standard InChI is InChI=1S/C15H19NO2/c1-6-7-10-8(2)9(3)12-11(13(10)17)15(4,5)14(18)16-12/h6,17H,1,7H2,2-5H3,(H,16,18). The predicted molar refractivity (Wildman–Crippen MR) is 73.1 cm³/mol. The third-order valence-corrected chi connectivity index (χ3v) is 3.94. The third kappa shape index (κ3) is 1.47. The fourth-order valence-electron chi connectivity index (χ4n) is 2.59. The molecule has 0 saturated carbocycles. The Hall–Kier alpha value is -1.77. The summed E-state index contributed by atoms with van der Waals surface area (Å²) in [5.41, 5.74) is 3.71. The van der Waals surface area contributed by atoms with Gasteiger partial charge in [-0.1, -0.05) is 6.08 Å². The van der Waals surface area contributed by atoms with Crippen molar-refractivity contribution in [1.29, 1.82) is 0 Å². The lowest BCUT2D eigenvalue weighted by Crippen LogP contribution is -2.27. The van der Waals surface area contributed by atoms with E-state index in [0.29, 0.717) is 12.0 Å². The number of aromatic hydroxyl groups is 1. The molecule has 2 rings (SSSR count). The first-order valence-corrected chi connectivity index (χ1v) is 6.10. The van der Waals surface area contributed by atoms with Crippen LogP contribution in [0.25, 0.3) is 0 Å². The molecule has 18 heavy (non-hydrogen) atoms. The monoisotopic (exact) mass is 245 g/mol. The summed E-state index contributed by atoms with van der Waals surface area (Å²) in [6, 6.07) is 0. The van der Waals surface area contributed by atoms with Gasteiger partial charge in [0.25, 0.3) is 0 Å². The zero-order chi connectivity index (χ0) is 13.7. The Kier molecular flexibility index (Phi) is 2.73. The highest BCUT2D eigenvalue weighted by atomic mass is 16.3. The van der Waals surface area contributed by atoms with E-state index in [1.54, 1.807) is 6.08 Å². The fraction of sp³-hybridized carbons (Fsp3) is 0.400. The second-order valence-electron chi connectivity index (χ2n) is 5.40. The molecular weight excluding hydrogens is 226 g/mol. The van der Waals surface area contributed by atoms with Gasteiger partial charge in [-0.3, -0.25) is 4.79 Å². The first-order chi connectivity index (χ1) is 8.32. The van der Waals surface area contributed by atoms with Crippen molar-refractivity contribution in [2.24, 2.45) is 0 Å². The SMILES string of the molecule is C=CCc1c(C)c(C)c2c(c1O)C(C)(C)C(=O)N2. The molecule has 96 valence electrons. The van der Waals surface area contributed by atoms with Crippen LogP contribution in [0.2, 0.25) is 0 Å². The van der Waals surface area contributed by atoms with Gasteiger partial charge < -0.3 is 10.4 Å². The molecule has 0 radical (unpaired) electrons. The van der Waals surface area contributed by atoms with E-state index in [1.807, 2.05) is 27.7 Å². The van der Waals surface area contributed by atoms with Gasteiger partial charge in [-0.05, 0) is 45.2 Å². The lowest BCUT2D eigenvalue weighted by Gasteiger charge is -2.20. The van der Waals surface area contributed by atoms with Gasteiger partial charge in [-0.15, -0.1) is 6.58 Å². The fourth-order valence-corrected chi connectivity index (χ4v) is 2.59. The number of hydrogen-bond acceptors (Lipinski definition) is 2. The van der Waals surface area contributed by atoms with Crippen molar-refractivity contribution in [2.75, 3.05) is 5.32 Å². The number of nitrogens with one attached hydrogen (secondary N) is 1. The number of hydrogen-bond donors (Lipinski definition) is 2. The smallest absolute Gasteiger partial charge is 0.234 e. The number of phenols is 1. The van der Waals surface area contributed by atoms with Crippen molar-refractivity contribution in [3.8, 4) is 5.75 Å². The Morgan fingerprint density at radius 3 is 2.50 bits per heavy atom. The number of anilines is 1. The molecule has 0 fully saturated rings. The summed E-state index contributed by atoms with van der Waals surface area (Å²) in [6.45, 7) is 11.3. The van der Waals surface area contributed by atoms with E-state index >= 15 is 0 Å². The van der Waals surface area contributed by atoms with Gasteiger partial charge in [0, 0.05) is 11.1 Å². The van der Waals surface area contributed by atoms with Crippen molar-refractivity contribution in [1.82, 2.24) is 0 Å². The zero-order valence-electron chi connectivity index (χ0n) is 11.3. The number of allylic oxidation sites excluding steroid dienone is 1. The van der Waals surface area contributed by atoms with Crippen LogP contribution in [-0.4, -0.2) is 11.0 Å². The highest BCUT2D eigenvalue weighted by Gasteiger charge is 2.42. The molecule has 0 aromatic heterocycles. The summed E-state index contributed by atoms with van der Waals surface area (Å²) < 4.78 is 0. The number of rotatable bonds is 2. The maximum Gasteiger partial charge on any atom is 0.234 e. The van der Waals surface area contributed by atoms with Gasteiger partial charge in [-0.25, -0.2) is 0 Å². The van der Waals surface area contributed by atoms with E-state index in [-0.39, 0.29) is 11.7 Å². The van der Waals surface area contributed by atoms with Gasteiger partial charge in [0.2, 0.25) is 5.91 Å². The van der Waals surface area contributed by atoms with E-state index in [1.165, 1.54) is 0 Å². The minimum atomic E-state index is -0.687. The quantitative estimate of drug-likeness (QED) is 0.787. The van der Waals surface area contributed by atoms with Gasteiger partial charge in [0.05, 0.1) is 11.1 Å². The molecule has 0 bridgehead atoms. The molecule has 0 saturated heterocycles. The lowest BCUT2D eigenvalue weighted by atomic mass is 9.81. The Labute approximate surface area is 108 Å². The van der Waals surface area contributed by atoms with Crippen molar-refractivity contribution in [3.05, 3.63) is 34.9 Å². The Morgan fingerprint density at radius 2 is 1.94 bits per heavy atom. The molecule has 3 nitrogen and oxygen atoms in total. The predicted octanol–water partition coefficient (Wildman–Crippen LogP) is 2.97. The van der Waals surface area contributed by atoms with Gasteiger partial charge in [0.15, 0.2) is 0 Å². The van der Waals surface area contributed by atoms with Crippen LogP contribution < -0.4 is 5.32 Å². The molecule has 0 atom stereocenters. The van der Waals surface area contributed by atoms with Gasteiger partial charge in [0.1, 0.15) is 5.75 Å². The second-order valence-corrected chi connectivity index (χ2v) is 5.40. The first-order valence-electron chi connectivity index (χ1n) is 6.10. The van der Waals surface area contributed by atoms with Crippen LogP contribution in [0.5, 0.6) is 5.75 Å². The topological polar surface area (TPSA) is 49.3 Å². The highest BCUT2D eigenvalue weighted by Crippen LogP contribution is 2.47. The maximum absolute atomic E-state index is 12.0. The number of benzene rings is 1. The first kappa shape index (κ1) is 12.7. The second kappa shape index (κ2) is 3.87. The van der Waals surface area contributed by atoms with E-state index in [2.05, 4.69) is 11.9 Å². The Bertz CT molecular complexity index is 556. The minimum Gasteiger partial charge on any atom is -0.507 e. The molecule has 1 aromatic rings. The number of phenolic OH excluding ortho intramolecular Hbond substituents is 1. The zero-order valence-corrected chi connectivity index (χ0v) is 11.3. The number of carbonyl (C=O) groups excluding carboxylic acids is 1. The molecule has 3 heteroatoms. The highest BCUT2D eigenvalue weighted by molar-refractivity contribution is 6.07. The van der Waals surface area contributed by atoms with E-state index < -0.39 is 5.41 Å².